The Balaban J connectivity index is 0.00000242. The largest absolute Gasteiger partial charge is 0.494 e. The first-order chi connectivity index (χ1) is 10.1. The van der Waals surface area contributed by atoms with E-state index >= 15 is 0 Å². The Morgan fingerprint density at radius 1 is 1.36 bits per heavy atom. The third-order valence-electron chi connectivity index (χ3n) is 3.92. The molecule has 1 amide bonds. The highest BCUT2D eigenvalue weighted by Crippen LogP contribution is 2.25. The van der Waals surface area contributed by atoms with E-state index in [4.69, 9.17) is 22.1 Å². The number of ether oxygens (including phenoxy) is 1. The molecule has 22 heavy (non-hydrogen) atoms. The molecule has 124 valence electrons. The number of nitrogens with two attached hydrogens (primary N) is 1. The van der Waals surface area contributed by atoms with Crippen molar-refractivity contribution in [2.45, 2.75) is 31.7 Å². The summed E-state index contributed by atoms with van der Waals surface area (Å²) in [5.41, 5.74) is 5.86. The third kappa shape index (κ3) is 5.67. The van der Waals surface area contributed by atoms with Gasteiger partial charge in [0.1, 0.15) is 5.75 Å². The SMILES string of the molecule is CN(CCCOc1ccc(Cl)cc1)C(=O)C1CCC(N)C1.Cl. The molecule has 1 aromatic rings. The van der Waals surface area contributed by atoms with Gasteiger partial charge in [-0.25, -0.2) is 0 Å². The van der Waals surface area contributed by atoms with Gasteiger partial charge >= 0.3 is 0 Å². The third-order valence-corrected chi connectivity index (χ3v) is 4.17. The average molecular weight is 347 g/mol. The molecule has 1 aliphatic rings. The van der Waals surface area contributed by atoms with E-state index in [9.17, 15) is 4.79 Å². The predicted octanol–water partition coefficient (Wildman–Crippen LogP) is 3.12. The van der Waals surface area contributed by atoms with Gasteiger partial charge in [-0.2, -0.15) is 0 Å². The van der Waals surface area contributed by atoms with Crippen molar-refractivity contribution in [3.05, 3.63) is 29.3 Å². The molecule has 2 unspecified atom stereocenters. The number of amides is 1. The number of nitrogens with zero attached hydrogens (tertiary/aromatic N) is 1. The van der Waals surface area contributed by atoms with Gasteiger partial charge in [0.15, 0.2) is 0 Å². The zero-order valence-electron chi connectivity index (χ0n) is 12.8. The lowest BCUT2D eigenvalue weighted by atomic mass is 10.1. The number of hydrogen-bond acceptors (Lipinski definition) is 3. The molecule has 2 atom stereocenters. The van der Waals surface area contributed by atoms with Gasteiger partial charge in [0, 0.05) is 30.6 Å². The van der Waals surface area contributed by atoms with Crippen molar-refractivity contribution in [1.29, 1.82) is 0 Å². The molecule has 1 saturated carbocycles. The van der Waals surface area contributed by atoms with Gasteiger partial charge < -0.3 is 15.4 Å². The second kappa shape index (κ2) is 9.23. The minimum Gasteiger partial charge on any atom is -0.494 e. The molecule has 0 heterocycles. The molecule has 1 fully saturated rings. The quantitative estimate of drug-likeness (QED) is 0.805. The molecule has 0 aliphatic heterocycles. The van der Waals surface area contributed by atoms with Gasteiger partial charge in [-0.15, -0.1) is 12.4 Å². The molecule has 1 aliphatic carbocycles. The molecule has 2 N–H and O–H groups in total. The summed E-state index contributed by atoms with van der Waals surface area (Å²) >= 11 is 5.81. The standard InChI is InChI=1S/C16H23ClN2O2.ClH/c1-19(16(20)12-3-6-14(18)11-12)9-2-10-21-15-7-4-13(17)5-8-15;/h4-5,7-8,12,14H,2-3,6,9-11,18H2,1H3;1H. The van der Waals surface area contributed by atoms with E-state index in [0.717, 1.165) is 31.4 Å². The maximum Gasteiger partial charge on any atom is 0.225 e. The fourth-order valence-corrected chi connectivity index (χ4v) is 2.81. The molecule has 0 bridgehead atoms. The van der Waals surface area contributed by atoms with Gasteiger partial charge in [-0.05, 0) is 49.9 Å². The number of carbonyl (C=O) groups excluding carboxylic acids is 1. The van der Waals surface area contributed by atoms with E-state index in [1.807, 2.05) is 19.2 Å². The first-order valence-electron chi connectivity index (χ1n) is 7.45. The minimum atomic E-state index is 0. The summed E-state index contributed by atoms with van der Waals surface area (Å²) in [6.45, 7) is 1.29. The molecule has 4 nitrogen and oxygen atoms in total. The van der Waals surface area contributed by atoms with Crippen LogP contribution < -0.4 is 10.5 Å². The summed E-state index contributed by atoms with van der Waals surface area (Å²) in [5, 5.41) is 0.697. The minimum absolute atomic E-state index is 0. The predicted molar refractivity (Wildman–Crippen MR) is 91.8 cm³/mol. The molecule has 1 aromatic carbocycles. The maximum atomic E-state index is 12.2. The summed E-state index contributed by atoms with van der Waals surface area (Å²) in [4.78, 5) is 14.0. The van der Waals surface area contributed by atoms with Crippen molar-refractivity contribution in [3.8, 4) is 5.75 Å². The van der Waals surface area contributed by atoms with Crippen molar-refractivity contribution >= 4 is 29.9 Å². The number of halogens is 2. The maximum absolute atomic E-state index is 12.2. The highest BCUT2D eigenvalue weighted by molar-refractivity contribution is 6.30. The Labute approximate surface area is 143 Å². The van der Waals surface area contributed by atoms with Crippen LogP contribution in [0.2, 0.25) is 5.02 Å². The molecule has 0 aromatic heterocycles. The Morgan fingerprint density at radius 3 is 2.64 bits per heavy atom. The highest BCUT2D eigenvalue weighted by Gasteiger charge is 2.29. The smallest absolute Gasteiger partial charge is 0.225 e. The van der Waals surface area contributed by atoms with E-state index < -0.39 is 0 Å². The van der Waals surface area contributed by atoms with Gasteiger partial charge in [-0.3, -0.25) is 4.79 Å². The van der Waals surface area contributed by atoms with Crippen LogP contribution in [0.5, 0.6) is 5.75 Å². The Kier molecular flexibility index (Phi) is 8.01. The van der Waals surface area contributed by atoms with Crippen LogP contribution in [-0.4, -0.2) is 37.0 Å². The van der Waals surface area contributed by atoms with Crippen LogP contribution in [0.15, 0.2) is 24.3 Å². The van der Waals surface area contributed by atoms with Crippen LogP contribution in [-0.2, 0) is 4.79 Å². The normalized spacial score (nSPS) is 20.3. The van der Waals surface area contributed by atoms with E-state index in [2.05, 4.69) is 0 Å². The van der Waals surface area contributed by atoms with Crippen molar-refractivity contribution in [3.63, 3.8) is 0 Å². The van der Waals surface area contributed by atoms with Crippen molar-refractivity contribution in [1.82, 2.24) is 4.90 Å². The second-order valence-corrected chi connectivity index (χ2v) is 6.12. The van der Waals surface area contributed by atoms with E-state index in [1.54, 1.807) is 17.0 Å². The summed E-state index contributed by atoms with van der Waals surface area (Å²) in [7, 11) is 1.86. The van der Waals surface area contributed by atoms with Crippen LogP contribution in [0.3, 0.4) is 0 Å². The fraction of sp³-hybridized carbons (Fsp3) is 0.562. The van der Waals surface area contributed by atoms with Crippen LogP contribution in [0.4, 0.5) is 0 Å². The number of rotatable bonds is 6. The molecule has 0 saturated heterocycles. The van der Waals surface area contributed by atoms with Crippen LogP contribution in [0.25, 0.3) is 0 Å². The molecule has 2 rings (SSSR count). The number of carbonyl (C=O) groups is 1. The Hall–Kier alpha value is -0.970. The molecule has 0 radical (unpaired) electrons. The zero-order chi connectivity index (χ0) is 15.2. The van der Waals surface area contributed by atoms with Crippen molar-refractivity contribution in [2.24, 2.45) is 11.7 Å². The Bertz CT molecular complexity index is 468. The molecular formula is C16H24Cl2N2O2. The summed E-state index contributed by atoms with van der Waals surface area (Å²) in [6.07, 6.45) is 3.52. The molecule has 0 spiro atoms. The molecule has 6 heteroatoms. The van der Waals surface area contributed by atoms with Gasteiger partial charge in [0.2, 0.25) is 5.91 Å². The highest BCUT2D eigenvalue weighted by atomic mass is 35.5. The van der Waals surface area contributed by atoms with Gasteiger partial charge in [-0.1, -0.05) is 11.6 Å². The number of benzene rings is 1. The van der Waals surface area contributed by atoms with E-state index in [1.165, 1.54) is 0 Å². The summed E-state index contributed by atoms with van der Waals surface area (Å²) < 4.78 is 5.62. The summed E-state index contributed by atoms with van der Waals surface area (Å²) in [6, 6.07) is 7.49. The monoisotopic (exact) mass is 346 g/mol. The van der Waals surface area contributed by atoms with E-state index in [-0.39, 0.29) is 30.3 Å². The topological polar surface area (TPSA) is 55.6 Å². The van der Waals surface area contributed by atoms with Gasteiger partial charge in [0.05, 0.1) is 6.61 Å². The van der Waals surface area contributed by atoms with Crippen LogP contribution in [0.1, 0.15) is 25.7 Å². The lowest BCUT2D eigenvalue weighted by Crippen LogP contribution is -2.33. The van der Waals surface area contributed by atoms with Crippen molar-refractivity contribution < 1.29 is 9.53 Å². The first kappa shape index (κ1) is 19.1. The Morgan fingerprint density at radius 2 is 2.05 bits per heavy atom. The van der Waals surface area contributed by atoms with Crippen LogP contribution >= 0.6 is 24.0 Å². The van der Waals surface area contributed by atoms with E-state index in [0.29, 0.717) is 18.2 Å². The average Bonchev–Trinajstić information content (AvgIpc) is 2.91. The first-order valence-corrected chi connectivity index (χ1v) is 7.83. The lowest BCUT2D eigenvalue weighted by Gasteiger charge is -2.21. The van der Waals surface area contributed by atoms with Gasteiger partial charge in [0.25, 0.3) is 0 Å². The lowest BCUT2D eigenvalue weighted by molar-refractivity contribution is -0.134. The second-order valence-electron chi connectivity index (χ2n) is 5.69. The summed E-state index contributed by atoms with van der Waals surface area (Å²) in [5.74, 6) is 1.13. The fourth-order valence-electron chi connectivity index (χ4n) is 2.69. The number of hydrogen-bond donors (Lipinski definition) is 1. The zero-order valence-corrected chi connectivity index (χ0v) is 14.4. The van der Waals surface area contributed by atoms with Crippen LogP contribution in [0, 0.1) is 5.92 Å². The molecular weight excluding hydrogens is 323 g/mol. The van der Waals surface area contributed by atoms with Crippen molar-refractivity contribution in [2.75, 3.05) is 20.2 Å².